The van der Waals surface area contributed by atoms with E-state index >= 15 is 0 Å². The maximum atomic E-state index is 13.2. The molecule has 1 aromatic carbocycles. The number of pyridine rings is 1. The molecule has 2 aliphatic heterocycles. The van der Waals surface area contributed by atoms with Gasteiger partial charge in [-0.15, -0.1) is 5.48 Å². The molecule has 10 nitrogen and oxygen atoms in total. The van der Waals surface area contributed by atoms with Crippen molar-refractivity contribution in [2.24, 2.45) is 5.92 Å². The van der Waals surface area contributed by atoms with E-state index in [1.165, 1.54) is 12.3 Å². The molecule has 2 aliphatic rings. The number of nitrogens with zero attached hydrogens (tertiary/aromatic N) is 3. The standard InChI is InChI=1S/C22H22N6O4/c1-12-2-5-18(13-3-4-16-17(6-13)25-11-24-16)28(10-12)22(31)20(30)27-14-7-15-19(29)9-26-32-21(15)23-8-14/h3-4,6-8,11-12,18,26H,2,5,9-10H2,1H3,(H,24,25)(H,27,30)/t12-,18+/m1/s1. The average Bonchev–Trinajstić information content (AvgIpc) is 3.27. The number of imidazole rings is 1. The second kappa shape index (κ2) is 8.04. The van der Waals surface area contributed by atoms with Gasteiger partial charge in [0.15, 0.2) is 5.78 Å². The highest BCUT2D eigenvalue weighted by Crippen LogP contribution is 2.34. The van der Waals surface area contributed by atoms with Gasteiger partial charge in [-0.05, 0) is 42.5 Å². The summed E-state index contributed by atoms with van der Waals surface area (Å²) in [4.78, 5) is 56.2. The Bertz CT molecular complexity index is 1220. The van der Waals surface area contributed by atoms with Crippen LogP contribution in [0.1, 0.15) is 41.7 Å². The third kappa shape index (κ3) is 3.69. The van der Waals surface area contributed by atoms with Gasteiger partial charge in [0.2, 0.25) is 5.88 Å². The average molecular weight is 434 g/mol. The molecule has 32 heavy (non-hydrogen) atoms. The number of hydrogen-bond acceptors (Lipinski definition) is 7. The highest BCUT2D eigenvalue weighted by molar-refractivity contribution is 6.39. The Morgan fingerprint density at radius 2 is 2.09 bits per heavy atom. The lowest BCUT2D eigenvalue weighted by Crippen LogP contribution is -2.46. The molecule has 3 aromatic rings. The number of aromatic amines is 1. The molecule has 1 saturated heterocycles. The van der Waals surface area contributed by atoms with Crippen LogP contribution in [0.3, 0.4) is 0 Å². The molecule has 2 aromatic heterocycles. The van der Waals surface area contributed by atoms with E-state index in [2.05, 4.69) is 32.7 Å². The molecular formula is C22H22N6O4. The lowest BCUT2D eigenvalue weighted by molar-refractivity contribution is -0.146. The van der Waals surface area contributed by atoms with Crippen LogP contribution in [0.5, 0.6) is 5.88 Å². The first-order valence-electron chi connectivity index (χ1n) is 10.5. The first-order valence-corrected chi connectivity index (χ1v) is 10.5. The lowest BCUT2D eigenvalue weighted by Gasteiger charge is -2.38. The molecule has 0 spiro atoms. The van der Waals surface area contributed by atoms with Crippen LogP contribution in [-0.4, -0.2) is 50.5 Å². The smallest absolute Gasteiger partial charge is 0.313 e. The number of nitrogens with one attached hydrogen (secondary N) is 3. The summed E-state index contributed by atoms with van der Waals surface area (Å²) >= 11 is 0. The predicted octanol–water partition coefficient (Wildman–Crippen LogP) is 1.98. The van der Waals surface area contributed by atoms with Gasteiger partial charge in [0, 0.05) is 6.54 Å². The van der Waals surface area contributed by atoms with Gasteiger partial charge in [0.25, 0.3) is 0 Å². The summed E-state index contributed by atoms with van der Waals surface area (Å²) in [5.41, 5.74) is 5.68. The number of Topliss-reactive ketones (excluding diaryl/α,β-unsaturated/α-hetero) is 1. The van der Waals surface area contributed by atoms with Crippen molar-refractivity contribution >= 4 is 34.3 Å². The third-order valence-electron chi connectivity index (χ3n) is 5.91. The maximum Gasteiger partial charge on any atom is 0.313 e. The molecule has 0 bridgehead atoms. The van der Waals surface area contributed by atoms with Crippen LogP contribution in [0.15, 0.2) is 36.8 Å². The van der Waals surface area contributed by atoms with Crippen molar-refractivity contribution < 1.29 is 19.2 Å². The Kier molecular flexibility index (Phi) is 5.06. The summed E-state index contributed by atoms with van der Waals surface area (Å²) in [5.74, 6) is -1.17. The van der Waals surface area contributed by atoms with E-state index in [-0.39, 0.29) is 41.4 Å². The summed E-state index contributed by atoms with van der Waals surface area (Å²) < 4.78 is 0. The Morgan fingerprint density at radius 1 is 1.22 bits per heavy atom. The van der Waals surface area contributed by atoms with Crippen molar-refractivity contribution in [2.75, 3.05) is 18.4 Å². The number of likely N-dealkylation sites (tertiary alicyclic amines) is 1. The number of amides is 2. The molecule has 2 atom stereocenters. The third-order valence-corrected chi connectivity index (χ3v) is 5.91. The van der Waals surface area contributed by atoms with Crippen molar-refractivity contribution in [1.29, 1.82) is 0 Å². The van der Waals surface area contributed by atoms with E-state index in [0.29, 0.717) is 6.54 Å². The number of hydrogen-bond donors (Lipinski definition) is 3. The first kappa shape index (κ1) is 20.1. The highest BCUT2D eigenvalue weighted by atomic mass is 16.7. The van der Waals surface area contributed by atoms with E-state index in [1.54, 1.807) is 11.2 Å². The highest BCUT2D eigenvalue weighted by Gasteiger charge is 2.34. The molecule has 1 fully saturated rings. The number of carbonyl (C=O) groups is 3. The minimum absolute atomic E-state index is 0.0126. The number of carbonyl (C=O) groups excluding carboxylic acids is 3. The zero-order chi connectivity index (χ0) is 22.2. The molecule has 164 valence electrons. The van der Waals surface area contributed by atoms with Gasteiger partial charge >= 0.3 is 11.8 Å². The van der Waals surface area contributed by atoms with Crippen molar-refractivity contribution in [3.8, 4) is 5.88 Å². The Morgan fingerprint density at radius 3 is 2.97 bits per heavy atom. The molecule has 0 aliphatic carbocycles. The number of anilines is 1. The first-order chi connectivity index (χ1) is 15.5. The number of fused-ring (bicyclic) bond motifs is 2. The molecule has 0 saturated carbocycles. The Balaban J connectivity index is 1.37. The van der Waals surface area contributed by atoms with Crippen LogP contribution < -0.4 is 15.6 Å². The molecule has 10 heteroatoms. The van der Waals surface area contributed by atoms with Crippen LogP contribution in [0, 0.1) is 5.92 Å². The summed E-state index contributed by atoms with van der Waals surface area (Å²) in [5, 5.41) is 2.58. The fourth-order valence-electron chi connectivity index (χ4n) is 4.26. The van der Waals surface area contributed by atoms with Crippen molar-refractivity contribution in [3.63, 3.8) is 0 Å². The zero-order valence-electron chi connectivity index (χ0n) is 17.4. The molecule has 5 rings (SSSR count). The van der Waals surface area contributed by atoms with E-state index < -0.39 is 11.8 Å². The number of aromatic nitrogens is 3. The van der Waals surface area contributed by atoms with Gasteiger partial charge in [-0.3, -0.25) is 14.4 Å². The van der Waals surface area contributed by atoms with Crippen molar-refractivity contribution in [3.05, 3.63) is 47.9 Å². The van der Waals surface area contributed by atoms with Crippen LogP contribution in [0.4, 0.5) is 5.69 Å². The number of H-pyrrole nitrogens is 1. The maximum absolute atomic E-state index is 13.2. The number of rotatable bonds is 2. The quantitative estimate of drug-likeness (QED) is 0.526. The SMILES string of the molecule is C[C@@H]1CC[C@@H](c2ccc3[nH]cnc3c2)N(C(=O)C(=O)Nc2cnc3c(c2)C(=O)CNO3)C1. The fourth-order valence-corrected chi connectivity index (χ4v) is 4.26. The fraction of sp³-hybridized carbons (Fsp3) is 0.318. The minimum atomic E-state index is -0.769. The normalized spacial score (nSPS) is 20.5. The summed E-state index contributed by atoms with van der Waals surface area (Å²) in [6.07, 6.45) is 4.70. The molecule has 0 radical (unpaired) electrons. The van der Waals surface area contributed by atoms with Crippen LogP contribution in [-0.2, 0) is 9.59 Å². The Hall–Kier alpha value is -3.79. The molecule has 4 heterocycles. The van der Waals surface area contributed by atoms with Gasteiger partial charge < -0.3 is 20.0 Å². The van der Waals surface area contributed by atoms with Gasteiger partial charge in [-0.2, -0.15) is 0 Å². The second-order valence-corrected chi connectivity index (χ2v) is 8.21. The summed E-state index contributed by atoms with van der Waals surface area (Å²) in [6, 6.07) is 7.11. The van der Waals surface area contributed by atoms with Crippen LogP contribution in [0.25, 0.3) is 11.0 Å². The predicted molar refractivity (Wildman–Crippen MR) is 115 cm³/mol. The molecule has 3 N–H and O–H groups in total. The second-order valence-electron chi connectivity index (χ2n) is 8.21. The summed E-state index contributed by atoms with van der Waals surface area (Å²) in [6.45, 7) is 2.56. The van der Waals surface area contributed by atoms with Crippen LogP contribution >= 0.6 is 0 Å². The zero-order valence-corrected chi connectivity index (χ0v) is 17.4. The van der Waals surface area contributed by atoms with E-state index in [9.17, 15) is 14.4 Å². The minimum Gasteiger partial charge on any atom is -0.387 e. The van der Waals surface area contributed by atoms with Gasteiger partial charge in [0.1, 0.15) is 0 Å². The number of piperidine rings is 1. The molecule has 0 unspecified atom stereocenters. The largest absolute Gasteiger partial charge is 0.387 e. The van der Waals surface area contributed by atoms with E-state index in [1.807, 2.05) is 18.2 Å². The van der Waals surface area contributed by atoms with E-state index in [0.717, 1.165) is 29.4 Å². The number of ketones is 1. The molecule has 2 amide bonds. The summed E-state index contributed by atoms with van der Waals surface area (Å²) in [7, 11) is 0. The Labute approximate surface area is 183 Å². The lowest BCUT2D eigenvalue weighted by atomic mass is 9.89. The van der Waals surface area contributed by atoms with Gasteiger partial charge in [0.05, 0.1) is 47.4 Å². The monoisotopic (exact) mass is 434 g/mol. The van der Waals surface area contributed by atoms with Gasteiger partial charge in [-0.25, -0.2) is 9.97 Å². The topological polar surface area (TPSA) is 129 Å². The number of benzene rings is 1. The van der Waals surface area contributed by atoms with Crippen LogP contribution in [0.2, 0.25) is 0 Å². The van der Waals surface area contributed by atoms with E-state index in [4.69, 9.17) is 4.84 Å². The number of hydroxylamine groups is 1. The van der Waals surface area contributed by atoms with Crippen molar-refractivity contribution in [2.45, 2.75) is 25.8 Å². The molecular weight excluding hydrogens is 412 g/mol. The van der Waals surface area contributed by atoms with Gasteiger partial charge in [-0.1, -0.05) is 13.0 Å². The van der Waals surface area contributed by atoms with Crippen molar-refractivity contribution in [1.82, 2.24) is 25.3 Å².